The number of nitrogens with zero attached hydrogens (tertiary/aromatic N) is 2. The summed E-state index contributed by atoms with van der Waals surface area (Å²) >= 11 is 0. The quantitative estimate of drug-likeness (QED) is 0.775. The van der Waals surface area contributed by atoms with E-state index in [2.05, 4.69) is 10.2 Å². The van der Waals surface area contributed by atoms with Crippen molar-refractivity contribution in [1.82, 2.24) is 10.2 Å². The van der Waals surface area contributed by atoms with Crippen molar-refractivity contribution < 1.29 is 13.9 Å². The van der Waals surface area contributed by atoms with Gasteiger partial charge in [0.25, 0.3) is 5.89 Å². The Hall–Kier alpha value is -1.88. The molecule has 2 aromatic rings. The van der Waals surface area contributed by atoms with Crippen LogP contribution in [0.3, 0.4) is 0 Å². The molecular weight excluding hydrogens is 244 g/mol. The van der Waals surface area contributed by atoms with Crippen molar-refractivity contribution in [3.8, 4) is 17.5 Å². The normalized spacial score (nSPS) is 11.5. The van der Waals surface area contributed by atoms with E-state index in [9.17, 15) is 0 Å². The molecule has 1 aromatic carbocycles. The fourth-order valence-corrected chi connectivity index (χ4v) is 1.44. The molecule has 1 aromatic heterocycles. The van der Waals surface area contributed by atoms with Gasteiger partial charge in [-0.2, -0.15) is 0 Å². The molecule has 0 saturated heterocycles. The molecule has 5 heteroatoms. The molecule has 0 atom stereocenters. The molecule has 0 aliphatic heterocycles. The van der Waals surface area contributed by atoms with Gasteiger partial charge in [0.1, 0.15) is 6.61 Å². The van der Waals surface area contributed by atoms with E-state index in [0.717, 1.165) is 5.56 Å². The molecule has 2 rings (SSSR count). The molecule has 0 amide bonds. The second-order valence-corrected chi connectivity index (χ2v) is 5.05. The van der Waals surface area contributed by atoms with Crippen LogP contribution in [-0.4, -0.2) is 29.0 Å². The standard InChI is InChI=1S/C14H18N2O3/c1-14(2,3)18-10-9-17-13-16-15-12(19-13)11-7-5-4-6-8-11/h4-8H,9-10H2,1-3H3. The third-order valence-corrected chi connectivity index (χ3v) is 2.27. The first kappa shape index (κ1) is 13.5. The summed E-state index contributed by atoms with van der Waals surface area (Å²) in [4.78, 5) is 0. The van der Waals surface area contributed by atoms with E-state index in [1.807, 2.05) is 51.1 Å². The van der Waals surface area contributed by atoms with Crippen LogP contribution in [0, 0.1) is 0 Å². The smallest absolute Gasteiger partial charge is 0.414 e. The predicted molar refractivity (Wildman–Crippen MR) is 70.9 cm³/mol. The maximum Gasteiger partial charge on any atom is 0.414 e. The molecule has 0 N–H and O–H groups in total. The zero-order valence-corrected chi connectivity index (χ0v) is 11.4. The Morgan fingerprint density at radius 3 is 2.47 bits per heavy atom. The van der Waals surface area contributed by atoms with E-state index in [1.54, 1.807) is 0 Å². The zero-order valence-electron chi connectivity index (χ0n) is 11.4. The minimum Gasteiger partial charge on any atom is -0.447 e. The van der Waals surface area contributed by atoms with Crippen molar-refractivity contribution in [1.29, 1.82) is 0 Å². The van der Waals surface area contributed by atoms with Crippen LogP contribution in [0.1, 0.15) is 20.8 Å². The predicted octanol–water partition coefficient (Wildman–Crippen LogP) is 2.93. The van der Waals surface area contributed by atoms with Crippen LogP contribution in [0.15, 0.2) is 34.7 Å². The van der Waals surface area contributed by atoms with Crippen molar-refractivity contribution >= 4 is 0 Å². The molecule has 0 spiro atoms. The lowest BCUT2D eigenvalue weighted by molar-refractivity contribution is -0.0195. The van der Waals surface area contributed by atoms with Crippen LogP contribution in [0.25, 0.3) is 11.5 Å². The van der Waals surface area contributed by atoms with E-state index in [0.29, 0.717) is 19.1 Å². The highest BCUT2D eigenvalue weighted by molar-refractivity contribution is 5.51. The summed E-state index contributed by atoms with van der Waals surface area (Å²) < 4.78 is 16.3. The first-order valence-corrected chi connectivity index (χ1v) is 6.20. The zero-order chi connectivity index (χ0) is 13.7. The first-order chi connectivity index (χ1) is 9.04. The molecule has 0 radical (unpaired) electrons. The number of hydrogen-bond donors (Lipinski definition) is 0. The van der Waals surface area contributed by atoms with Gasteiger partial charge in [-0.3, -0.25) is 0 Å². The Morgan fingerprint density at radius 1 is 1.05 bits per heavy atom. The third kappa shape index (κ3) is 4.37. The number of aromatic nitrogens is 2. The molecule has 5 nitrogen and oxygen atoms in total. The summed E-state index contributed by atoms with van der Waals surface area (Å²) in [6, 6.07) is 9.57. The van der Waals surface area contributed by atoms with Gasteiger partial charge in [-0.05, 0) is 32.9 Å². The Labute approximate surface area is 112 Å². The fourth-order valence-electron chi connectivity index (χ4n) is 1.44. The highest BCUT2D eigenvalue weighted by Crippen LogP contribution is 2.20. The van der Waals surface area contributed by atoms with Gasteiger partial charge in [0.05, 0.1) is 12.2 Å². The van der Waals surface area contributed by atoms with Crippen molar-refractivity contribution in [3.05, 3.63) is 30.3 Å². The summed E-state index contributed by atoms with van der Waals surface area (Å²) in [5.74, 6) is 0.451. The minimum atomic E-state index is -0.173. The average molecular weight is 262 g/mol. The Bertz CT molecular complexity index is 503. The van der Waals surface area contributed by atoms with Crippen LogP contribution >= 0.6 is 0 Å². The molecule has 0 bridgehead atoms. The number of ether oxygens (including phenoxy) is 2. The monoisotopic (exact) mass is 262 g/mol. The summed E-state index contributed by atoms with van der Waals surface area (Å²) in [7, 11) is 0. The van der Waals surface area contributed by atoms with Gasteiger partial charge in [0.15, 0.2) is 0 Å². The van der Waals surface area contributed by atoms with E-state index in [4.69, 9.17) is 13.9 Å². The van der Waals surface area contributed by atoms with Crippen molar-refractivity contribution in [3.63, 3.8) is 0 Å². The maximum absolute atomic E-state index is 5.53. The SMILES string of the molecule is CC(C)(C)OCCOc1nnc(-c2ccccc2)o1. The molecule has 19 heavy (non-hydrogen) atoms. The van der Waals surface area contributed by atoms with Crippen molar-refractivity contribution in [2.24, 2.45) is 0 Å². The lowest BCUT2D eigenvalue weighted by Gasteiger charge is -2.18. The Morgan fingerprint density at radius 2 is 1.79 bits per heavy atom. The summed E-state index contributed by atoms with van der Waals surface area (Å²) in [5, 5.41) is 7.76. The lowest BCUT2D eigenvalue weighted by Crippen LogP contribution is -2.22. The van der Waals surface area contributed by atoms with Crippen LogP contribution < -0.4 is 4.74 Å². The molecule has 102 valence electrons. The van der Waals surface area contributed by atoms with Gasteiger partial charge >= 0.3 is 6.08 Å². The fraction of sp³-hybridized carbons (Fsp3) is 0.429. The molecule has 0 aliphatic rings. The highest BCUT2D eigenvalue weighted by Gasteiger charge is 2.11. The van der Waals surface area contributed by atoms with Crippen molar-refractivity contribution in [2.45, 2.75) is 26.4 Å². The summed E-state index contributed by atoms with van der Waals surface area (Å²) in [6.45, 7) is 6.84. The molecule has 0 saturated carbocycles. The van der Waals surface area contributed by atoms with Crippen LogP contribution in [0.4, 0.5) is 0 Å². The highest BCUT2D eigenvalue weighted by atomic mass is 16.6. The van der Waals surface area contributed by atoms with Crippen LogP contribution in [0.2, 0.25) is 0 Å². The molecule has 0 aliphatic carbocycles. The van der Waals surface area contributed by atoms with Crippen LogP contribution in [-0.2, 0) is 4.74 Å². The summed E-state index contributed by atoms with van der Waals surface area (Å²) in [6.07, 6.45) is 0.163. The van der Waals surface area contributed by atoms with Crippen LogP contribution in [0.5, 0.6) is 6.08 Å². The largest absolute Gasteiger partial charge is 0.447 e. The second-order valence-electron chi connectivity index (χ2n) is 5.05. The van der Waals surface area contributed by atoms with Gasteiger partial charge in [-0.25, -0.2) is 0 Å². The van der Waals surface area contributed by atoms with Gasteiger partial charge in [0.2, 0.25) is 0 Å². The third-order valence-electron chi connectivity index (χ3n) is 2.27. The van der Waals surface area contributed by atoms with E-state index < -0.39 is 0 Å². The second kappa shape index (κ2) is 5.84. The van der Waals surface area contributed by atoms with E-state index >= 15 is 0 Å². The first-order valence-electron chi connectivity index (χ1n) is 6.20. The summed E-state index contributed by atoms with van der Waals surface area (Å²) in [5.41, 5.74) is 0.698. The number of benzene rings is 1. The Balaban J connectivity index is 1.85. The molecule has 1 heterocycles. The van der Waals surface area contributed by atoms with E-state index in [1.165, 1.54) is 0 Å². The van der Waals surface area contributed by atoms with Crippen molar-refractivity contribution in [2.75, 3.05) is 13.2 Å². The lowest BCUT2D eigenvalue weighted by atomic mass is 10.2. The Kier molecular flexibility index (Phi) is 4.16. The average Bonchev–Trinajstić information content (AvgIpc) is 2.83. The van der Waals surface area contributed by atoms with E-state index in [-0.39, 0.29) is 11.7 Å². The molecule has 0 fully saturated rings. The maximum atomic E-state index is 5.53. The van der Waals surface area contributed by atoms with Gasteiger partial charge in [-0.15, -0.1) is 5.10 Å². The molecule has 0 unspecified atom stereocenters. The van der Waals surface area contributed by atoms with Gasteiger partial charge < -0.3 is 13.9 Å². The van der Waals surface area contributed by atoms with Gasteiger partial charge in [-0.1, -0.05) is 23.3 Å². The molecular formula is C14H18N2O3. The number of hydrogen-bond acceptors (Lipinski definition) is 5. The minimum absolute atomic E-state index is 0.163. The topological polar surface area (TPSA) is 57.4 Å². The number of rotatable bonds is 5. The van der Waals surface area contributed by atoms with Gasteiger partial charge in [0, 0.05) is 5.56 Å².